The van der Waals surface area contributed by atoms with Gasteiger partial charge in [-0.05, 0) is 49.0 Å². The van der Waals surface area contributed by atoms with Crippen molar-refractivity contribution in [1.82, 2.24) is 19.9 Å². The van der Waals surface area contributed by atoms with E-state index in [-0.39, 0.29) is 0 Å². The Morgan fingerprint density at radius 1 is 1.27 bits per heavy atom. The van der Waals surface area contributed by atoms with Crippen molar-refractivity contribution in [3.8, 4) is 0 Å². The van der Waals surface area contributed by atoms with E-state index in [9.17, 15) is 0 Å². The summed E-state index contributed by atoms with van der Waals surface area (Å²) in [5.74, 6) is 1.47. The third-order valence-corrected chi connectivity index (χ3v) is 4.48. The molecule has 22 heavy (non-hydrogen) atoms. The Hall–Kier alpha value is -2.20. The molecule has 3 aromatic rings. The van der Waals surface area contributed by atoms with E-state index in [2.05, 4.69) is 44.1 Å². The van der Waals surface area contributed by atoms with Gasteiger partial charge >= 0.3 is 0 Å². The molecule has 1 aliphatic heterocycles. The predicted octanol–water partition coefficient (Wildman–Crippen LogP) is 3.26. The van der Waals surface area contributed by atoms with Crippen molar-refractivity contribution in [3.63, 3.8) is 0 Å². The summed E-state index contributed by atoms with van der Waals surface area (Å²) >= 11 is 0. The van der Waals surface area contributed by atoms with Gasteiger partial charge in [0.15, 0.2) is 0 Å². The molecule has 1 unspecified atom stereocenters. The monoisotopic (exact) mass is 292 g/mol. The molecule has 0 bridgehead atoms. The van der Waals surface area contributed by atoms with Crippen LogP contribution in [0.5, 0.6) is 0 Å². The van der Waals surface area contributed by atoms with Gasteiger partial charge in [-0.3, -0.25) is 4.90 Å². The Kier molecular flexibility index (Phi) is 3.39. The van der Waals surface area contributed by atoms with E-state index in [1.54, 1.807) is 0 Å². The van der Waals surface area contributed by atoms with E-state index in [1.807, 2.05) is 25.4 Å². The van der Waals surface area contributed by atoms with Crippen molar-refractivity contribution in [2.24, 2.45) is 0 Å². The van der Waals surface area contributed by atoms with Crippen LogP contribution in [0.25, 0.3) is 10.9 Å². The number of rotatable bonds is 3. The number of nitrogens with one attached hydrogen (secondary N) is 1. The van der Waals surface area contributed by atoms with E-state index < -0.39 is 0 Å². The highest BCUT2D eigenvalue weighted by Gasteiger charge is 2.25. The fourth-order valence-electron chi connectivity index (χ4n) is 3.30. The van der Waals surface area contributed by atoms with Crippen LogP contribution in [0.15, 0.2) is 42.7 Å². The van der Waals surface area contributed by atoms with E-state index in [0.29, 0.717) is 5.92 Å². The van der Waals surface area contributed by atoms with E-state index in [1.165, 1.54) is 16.5 Å². The average molecular weight is 292 g/mol. The molecule has 1 fully saturated rings. The maximum Gasteiger partial charge on any atom is 0.132 e. The Morgan fingerprint density at radius 2 is 2.23 bits per heavy atom. The first kappa shape index (κ1) is 13.5. The summed E-state index contributed by atoms with van der Waals surface area (Å²) in [7, 11) is 0. The fraction of sp³-hybridized carbons (Fsp3) is 0.333. The molecule has 0 saturated carbocycles. The van der Waals surface area contributed by atoms with E-state index >= 15 is 0 Å². The highest BCUT2D eigenvalue weighted by atomic mass is 15.1. The van der Waals surface area contributed by atoms with Gasteiger partial charge in [0.1, 0.15) is 5.82 Å². The summed E-state index contributed by atoms with van der Waals surface area (Å²) in [6.07, 6.45) is 5.02. The van der Waals surface area contributed by atoms with Crippen LogP contribution in [-0.4, -0.2) is 32.9 Å². The van der Waals surface area contributed by atoms with Crippen LogP contribution in [0.2, 0.25) is 0 Å². The van der Waals surface area contributed by atoms with Crippen molar-refractivity contribution in [3.05, 3.63) is 59.8 Å². The first-order valence-corrected chi connectivity index (χ1v) is 7.86. The van der Waals surface area contributed by atoms with Gasteiger partial charge < -0.3 is 4.98 Å². The molecular formula is C18H20N4. The van der Waals surface area contributed by atoms with Crippen LogP contribution in [0, 0.1) is 6.92 Å². The zero-order valence-corrected chi connectivity index (χ0v) is 12.8. The highest BCUT2D eigenvalue weighted by molar-refractivity contribution is 5.79. The largest absolute Gasteiger partial charge is 0.361 e. The third kappa shape index (κ3) is 2.62. The van der Waals surface area contributed by atoms with Crippen molar-refractivity contribution in [2.45, 2.75) is 25.8 Å². The minimum atomic E-state index is 0.467. The Bertz CT molecular complexity index is 792. The lowest BCUT2D eigenvalue weighted by atomic mass is 10.1. The molecule has 1 atom stereocenters. The summed E-state index contributed by atoms with van der Waals surface area (Å²) in [6.45, 7) is 5.19. The van der Waals surface area contributed by atoms with Gasteiger partial charge in [0.2, 0.25) is 0 Å². The first-order valence-electron chi connectivity index (χ1n) is 7.86. The smallest absolute Gasteiger partial charge is 0.132 e. The minimum Gasteiger partial charge on any atom is -0.361 e. The number of aromatic amines is 1. The van der Waals surface area contributed by atoms with Gasteiger partial charge in [-0.2, -0.15) is 0 Å². The Labute approximate surface area is 130 Å². The molecule has 0 amide bonds. The molecular weight excluding hydrogens is 272 g/mol. The minimum absolute atomic E-state index is 0.467. The summed E-state index contributed by atoms with van der Waals surface area (Å²) in [5.41, 5.74) is 3.64. The number of hydrogen-bond donors (Lipinski definition) is 1. The van der Waals surface area contributed by atoms with Gasteiger partial charge in [0, 0.05) is 42.6 Å². The van der Waals surface area contributed by atoms with Crippen LogP contribution in [0.1, 0.15) is 29.4 Å². The number of fused-ring (bicyclic) bond motifs is 1. The van der Waals surface area contributed by atoms with Crippen LogP contribution in [0.3, 0.4) is 0 Å². The quantitative estimate of drug-likeness (QED) is 0.806. The summed E-state index contributed by atoms with van der Waals surface area (Å²) in [4.78, 5) is 14.8. The second kappa shape index (κ2) is 5.54. The molecule has 1 saturated heterocycles. The maximum atomic E-state index is 4.59. The van der Waals surface area contributed by atoms with Gasteiger partial charge in [0.05, 0.1) is 0 Å². The lowest BCUT2D eigenvalue weighted by Crippen LogP contribution is -2.20. The lowest BCUT2D eigenvalue weighted by molar-refractivity contribution is 0.326. The standard InChI is InChI=1S/C18H20N4/c1-13-4-7-20-18(21-13)16-6-9-22(12-16)11-14-2-3-15-5-8-19-17(15)10-14/h2-5,7-8,10,16,19H,6,9,11-12H2,1H3. The fourth-order valence-corrected chi connectivity index (χ4v) is 3.30. The van der Waals surface area contributed by atoms with Crippen molar-refractivity contribution in [2.75, 3.05) is 13.1 Å². The van der Waals surface area contributed by atoms with E-state index in [0.717, 1.165) is 37.6 Å². The summed E-state index contributed by atoms with van der Waals surface area (Å²) in [5, 5.41) is 1.27. The lowest BCUT2D eigenvalue weighted by Gasteiger charge is -2.16. The normalized spacial score (nSPS) is 19.0. The molecule has 2 aromatic heterocycles. The van der Waals surface area contributed by atoms with Gasteiger partial charge in [-0.25, -0.2) is 9.97 Å². The van der Waals surface area contributed by atoms with Gasteiger partial charge in [-0.15, -0.1) is 0 Å². The number of H-pyrrole nitrogens is 1. The molecule has 4 rings (SSSR count). The number of hydrogen-bond acceptors (Lipinski definition) is 3. The molecule has 1 aromatic carbocycles. The summed E-state index contributed by atoms with van der Waals surface area (Å²) in [6, 6.07) is 10.7. The highest BCUT2D eigenvalue weighted by Crippen LogP contribution is 2.26. The van der Waals surface area contributed by atoms with Crippen molar-refractivity contribution in [1.29, 1.82) is 0 Å². The van der Waals surface area contributed by atoms with Gasteiger partial charge in [-0.1, -0.05) is 12.1 Å². The molecule has 3 heterocycles. The number of aryl methyl sites for hydroxylation is 1. The van der Waals surface area contributed by atoms with Crippen molar-refractivity contribution < 1.29 is 0 Å². The summed E-state index contributed by atoms with van der Waals surface area (Å²) < 4.78 is 0. The number of aromatic nitrogens is 3. The first-order chi connectivity index (χ1) is 10.8. The second-order valence-electron chi connectivity index (χ2n) is 6.18. The number of likely N-dealkylation sites (tertiary alicyclic amines) is 1. The third-order valence-electron chi connectivity index (χ3n) is 4.48. The molecule has 4 nitrogen and oxygen atoms in total. The Balaban J connectivity index is 1.46. The van der Waals surface area contributed by atoms with Crippen LogP contribution >= 0.6 is 0 Å². The Morgan fingerprint density at radius 3 is 3.14 bits per heavy atom. The topological polar surface area (TPSA) is 44.8 Å². The van der Waals surface area contributed by atoms with Crippen LogP contribution in [0.4, 0.5) is 0 Å². The molecule has 0 spiro atoms. The molecule has 1 aliphatic rings. The molecule has 112 valence electrons. The molecule has 1 N–H and O–H groups in total. The number of nitrogens with zero attached hydrogens (tertiary/aromatic N) is 3. The zero-order chi connectivity index (χ0) is 14.9. The van der Waals surface area contributed by atoms with Gasteiger partial charge in [0.25, 0.3) is 0 Å². The maximum absolute atomic E-state index is 4.59. The van der Waals surface area contributed by atoms with Crippen molar-refractivity contribution >= 4 is 10.9 Å². The molecule has 4 heteroatoms. The average Bonchev–Trinajstić information content (AvgIpc) is 3.16. The predicted molar refractivity (Wildman–Crippen MR) is 87.7 cm³/mol. The van der Waals surface area contributed by atoms with E-state index in [4.69, 9.17) is 0 Å². The van der Waals surface area contributed by atoms with Crippen LogP contribution in [-0.2, 0) is 6.54 Å². The molecule has 0 aliphatic carbocycles. The zero-order valence-electron chi connectivity index (χ0n) is 12.8. The van der Waals surface area contributed by atoms with Crippen LogP contribution < -0.4 is 0 Å². The molecule has 0 radical (unpaired) electrons. The second-order valence-corrected chi connectivity index (χ2v) is 6.18. The number of benzene rings is 1. The SMILES string of the molecule is Cc1ccnc(C2CCN(Cc3ccc4cc[nH]c4c3)C2)n1.